The third-order valence-electron chi connectivity index (χ3n) is 2.09. The molecule has 0 rings (SSSR count). The van der Waals surface area contributed by atoms with E-state index in [-0.39, 0.29) is 6.04 Å². The minimum absolute atomic E-state index is 0.216. The maximum absolute atomic E-state index is 11.6. The van der Waals surface area contributed by atoms with Crippen LogP contribution in [0.4, 0.5) is 0 Å². The van der Waals surface area contributed by atoms with Crippen molar-refractivity contribution in [1.82, 2.24) is 5.32 Å². The predicted octanol–water partition coefficient (Wildman–Crippen LogP) is 1.02. The van der Waals surface area contributed by atoms with Gasteiger partial charge in [-0.1, -0.05) is 13.8 Å². The number of ether oxygens (including phenoxy) is 1. The molecule has 2 unspecified atom stereocenters. The molecule has 0 heterocycles. The van der Waals surface area contributed by atoms with Crippen LogP contribution in [0, 0.1) is 5.92 Å². The number of likely N-dealkylation sites (N-methyl/N-ethyl adjacent to an activating group) is 1. The molecule has 1 N–H and O–H groups in total. The van der Waals surface area contributed by atoms with Crippen LogP contribution < -0.4 is 5.32 Å². The first-order valence-electron chi connectivity index (χ1n) is 5.11. The molecule has 0 aliphatic carbocycles. The van der Waals surface area contributed by atoms with Gasteiger partial charge in [-0.3, -0.25) is 4.21 Å². The van der Waals surface area contributed by atoms with Crippen molar-refractivity contribution in [2.75, 3.05) is 32.3 Å². The first-order valence-corrected chi connectivity index (χ1v) is 6.60. The highest BCUT2D eigenvalue weighted by molar-refractivity contribution is 7.85. The molecular weight excluding hydrogens is 198 g/mol. The Bertz CT molecular complexity index is 162. The van der Waals surface area contributed by atoms with E-state index in [0.717, 1.165) is 12.2 Å². The Morgan fingerprint density at radius 1 is 1.43 bits per heavy atom. The highest BCUT2D eigenvalue weighted by Crippen LogP contribution is 2.02. The summed E-state index contributed by atoms with van der Waals surface area (Å²) in [5.74, 6) is 2.13. The summed E-state index contributed by atoms with van der Waals surface area (Å²) in [5.41, 5.74) is 0. The molecule has 0 spiro atoms. The lowest BCUT2D eigenvalue weighted by molar-refractivity contribution is 0.176. The van der Waals surface area contributed by atoms with E-state index in [9.17, 15) is 4.21 Å². The zero-order chi connectivity index (χ0) is 11.0. The van der Waals surface area contributed by atoms with Gasteiger partial charge >= 0.3 is 0 Å². The second-order valence-electron chi connectivity index (χ2n) is 3.93. The Morgan fingerprint density at radius 3 is 2.50 bits per heavy atom. The van der Waals surface area contributed by atoms with Gasteiger partial charge in [-0.2, -0.15) is 0 Å². The molecule has 0 radical (unpaired) electrons. The third kappa shape index (κ3) is 7.47. The molecule has 3 nitrogen and oxygen atoms in total. The molecule has 86 valence electrons. The lowest BCUT2D eigenvalue weighted by Crippen LogP contribution is -2.35. The Balaban J connectivity index is 3.67. The molecule has 0 saturated heterocycles. The van der Waals surface area contributed by atoms with Crippen molar-refractivity contribution in [2.45, 2.75) is 26.3 Å². The van der Waals surface area contributed by atoms with Crippen LogP contribution in [0.15, 0.2) is 0 Å². The second kappa shape index (κ2) is 8.38. The summed E-state index contributed by atoms with van der Waals surface area (Å²) >= 11 is 0. The lowest BCUT2D eigenvalue weighted by Gasteiger charge is -2.14. The topological polar surface area (TPSA) is 38.3 Å². The quantitative estimate of drug-likeness (QED) is 0.665. The zero-order valence-corrected chi connectivity index (χ0v) is 10.5. The fraction of sp³-hybridized carbons (Fsp3) is 1.00. The minimum Gasteiger partial charge on any atom is -0.383 e. The molecule has 2 atom stereocenters. The first kappa shape index (κ1) is 14.1. The molecule has 0 aliphatic rings. The number of rotatable bonds is 8. The van der Waals surface area contributed by atoms with Crippen LogP contribution in [0.2, 0.25) is 0 Å². The van der Waals surface area contributed by atoms with Gasteiger partial charge in [0.15, 0.2) is 0 Å². The van der Waals surface area contributed by atoms with Gasteiger partial charge in [-0.15, -0.1) is 0 Å². The summed E-state index contributed by atoms with van der Waals surface area (Å²) in [6, 6.07) is 0.216. The van der Waals surface area contributed by atoms with Crippen LogP contribution in [0.25, 0.3) is 0 Å². The average Bonchev–Trinajstić information content (AvgIpc) is 2.14. The number of hydrogen-bond donors (Lipinski definition) is 1. The van der Waals surface area contributed by atoms with Gasteiger partial charge in [-0.25, -0.2) is 0 Å². The molecule has 0 saturated carbocycles. The molecule has 0 aromatic carbocycles. The minimum atomic E-state index is -0.715. The normalized spacial score (nSPS) is 15.8. The monoisotopic (exact) mass is 221 g/mol. The number of methoxy groups -OCH3 is 1. The van der Waals surface area contributed by atoms with E-state index in [1.807, 2.05) is 7.05 Å². The molecule has 0 fully saturated rings. The van der Waals surface area contributed by atoms with Crippen LogP contribution in [0.3, 0.4) is 0 Å². The lowest BCUT2D eigenvalue weighted by atomic mass is 10.2. The van der Waals surface area contributed by atoms with Crippen LogP contribution >= 0.6 is 0 Å². The Hall–Kier alpha value is 0.0700. The van der Waals surface area contributed by atoms with Crippen LogP contribution in [0.1, 0.15) is 20.3 Å². The highest BCUT2D eigenvalue weighted by Gasteiger charge is 2.10. The fourth-order valence-electron chi connectivity index (χ4n) is 1.09. The predicted molar refractivity (Wildman–Crippen MR) is 62.1 cm³/mol. The molecule has 4 heteroatoms. The van der Waals surface area contributed by atoms with E-state index in [0.29, 0.717) is 18.3 Å². The molecule has 14 heavy (non-hydrogen) atoms. The Kier molecular flexibility index (Phi) is 8.43. The average molecular weight is 221 g/mol. The van der Waals surface area contributed by atoms with E-state index in [1.54, 1.807) is 7.11 Å². The summed E-state index contributed by atoms with van der Waals surface area (Å²) in [5, 5.41) is 3.10. The largest absolute Gasteiger partial charge is 0.383 e. The summed E-state index contributed by atoms with van der Waals surface area (Å²) in [6.07, 6.45) is 1.04. The standard InChI is InChI=1S/C10H23NO2S/c1-9(2)5-6-14(12)8-10(11-3)7-13-4/h9-11H,5-8H2,1-4H3. The number of nitrogens with one attached hydrogen (secondary N) is 1. The van der Waals surface area contributed by atoms with Gasteiger partial charge in [0, 0.05) is 35.5 Å². The van der Waals surface area contributed by atoms with Crippen molar-refractivity contribution in [1.29, 1.82) is 0 Å². The van der Waals surface area contributed by atoms with Crippen molar-refractivity contribution in [3.63, 3.8) is 0 Å². The van der Waals surface area contributed by atoms with Gasteiger partial charge in [0.2, 0.25) is 0 Å². The van der Waals surface area contributed by atoms with Crippen LogP contribution in [-0.2, 0) is 15.5 Å². The first-order chi connectivity index (χ1) is 6.60. The zero-order valence-electron chi connectivity index (χ0n) is 9.71. The van der Waals surface area contributed by atoms with Crippen molar-refractivity contribution in [2.24, 2.45) is 5.92 Å². The Labute approximate surface area is 90.1 Å². The second-order valence-corrected chi connectivity index (χ2v) is 5.56. The van der Waals surface area contributed by atoms with Crippen molar-refractivity contribution in [3.05, 3.63) is 0 Å². The summed E-state index contributed by atoms with van der Waals surface area (Å²) < 4.78 is 16.6. The molecule has 0 amide bonds. The van der Waals surface area contributed by atoms with Crippen LogP contribution in [-0.4, -0.2) is 42.5 Å². The summed E-state index contributed by atoms with van der Waals surface area (Å²) in [4.78, 5) is 0. The van der Waals surface area contributed by atoms with Gasteiger partial charge in [0.05, 0.1) is 6.61 Å². The molecular formula is C10H23NO2S. The fourth-order valence-corrected chi connectivity index (χ4v) is 2.70. The van der Waals surface area contributed by atoms with Gasteiger partial charge in [0.25, 0.3) is 0 Å². The molecule has 0 aliphatic heterocycles. The van der Waals surface area contributed by atoms with Gasteiger partial charge in [-0.05, 0) is 19.4 Å². The van der Waals surface area contributed by atoms with Crippen molar-refractivity contribution >= 4 is 10.8 Å². The van der Waals surface area contributed by atoms with Crippen LogP contribution in [0.5, 0.6) is 0 Å². The SMILES string of the molecule is CNC(COC)CS(=O)CCC(C)C. The molecule has 0 aromatic rings. The third-order valence-corrected chi connectivity index (χ3v) is 3.55. The maximum Gasteiger partial charge on any atom is 0.0624 e. The van der Waals surface area contributed by atoms with E-state index in [1.165, 1.54) is 0 Å². The molecule has 0 aromatic heterocycles. The van der Waals surface area contributed by atoms with Crippen molar-refractivity contribution < 1.29 is 8.95 Å². The van der Waals surface area contributed by atoms with E-state index < -0.39 is 10.8 Å². The van der Waals surface area contributed by atoms with Gasteiger partial charge in [0.1, 0.15) is 0 Å². The molecule has 0 bridgehead atoms. The van der Waals surface area contributed by atoms with E-state index >= 15 is 0 Å². The maximum atomic E-state index is 11.6. The Morgan fingerprint density at radius 2 is 2.07 bits per heavy atom. The van der Waals surface area contributed by atoms with E-state index in [2.05, 4.69) is 19.2 Å². The van der Waals surface area contributed by atoms with Gasteiger partial charge < -0.3 is 10.1 Å². The summed E-state index contributed by atoms with van der Waals surface area (Å²) in [6.45, 7) is 4.94. The van der Waals surface area contributed by atoms with Crippen molar-refractivity contribution in [3.8, 4) is 0 Å². The highest BCUT2D eigenvalue weighted by atomic mass is 32.2. The smallest absolute Gasteiger partial charge is 0.0624 e. The van der Waals surface area contributed by atoms with E-state index in [4.69, 9.17) is 4.74 Å². The number of hydrogen-bond acceptors (Lipinski definition) is 3. The summed E-state index contributed by atoms with van der Waals surface area (Å²) in [7, 11) is 2.83.